The number of amides is 1. The van der Waals surface area contributed by atoms with Crippen LogP contribution in [0.1, 0.15) is 28.3 Å². The highest BCUT2D eigenvalue weighted by Crippen LogP contribution is 2.33. The second kappa shape index (κ2) is 8.19. The van der Waals surface area contributed by atoms with Gasteiger partial charge in [0.2, 0.25) is 5.82 Å². The van der Waals surface area contributed by atoms with Crippen molar-refractivity contribution in [3.63, 3.8) is 0 Å². The molecular weight excluding hydrogens is 461 g/mol. The van der Waals surface area contributed by atoms with E-state index in [2.05, 4.69) is 24.8 Å². The molecule has 182 valence electrons. The van der Waals surface area contributed by atoms with Crippen LogP contribution in [0, 0.1) is 6.92 Å². The van der Waals surface area contributed by atoms with E-state index in [-0.39, 0.29) is 23.1 Å². The molecule has 4 aromatic rings. The van der Waals surface area contributed by atoms with Crippen molar-refractivity contribution in [2.45, 2.75) is 25.1 Å². The van der Waals surface area contributed by atoms with Crippen LogP contribution < -0.4 is 4.90 Å². The van der Waals surface area contributed by atoms with Crippen LogP contribution in [0.5, 0.6) is 0 Å². The summed E-state index contributed by atoms with van der Waals surface area (Å²) in [4.78, 5) is 31.0. The maximum atomic E-state index is 13.0. The average molecular weight is 484 g/mol. The number of carbonyl (C=O) groups is 1. The number of halogens is 3. The van der Waals surface area contributed by atoms with Gasteiger partial charge in [0.05, 0.1) is 23.1 Å². The van der Waals surface area contributed by atoms with E-state index in [9.17, 15) is 23.1 Å². The lowest BCUT2D eigenvalue weighted by Gasteiger charge is -2.29. The smallest absolute Gasteiger partial charge is 0.386 e. The van der Waals surface area contributed by atoms with Crippen molar-refractivity contribution in [2.24, 2.45) is 0 Å². The van der Waals surface area contributed by atoms with Crippen LogP contribution in [-0.4, -0.2) is 68.1 Å². The molecule has 1 aromatic carbocycles. The number of nitrogens with one attached hydrogen (secondary N) is 1. The number of anilines is 1. The van der Waals surface area contributed by atoms with Crippen LogP contribution in [0.4, 0.5) is 18.9 Å². The number of β-amino-alcohol motifs (C(OH)–C–C–N with tert-alkyl or cyclic N) is 1. The Hall–Kier alpha value is -3.73. The van der Waals surface area contributed by atoms with E-state index >= 15 is 0 Å². The van der Waals surface area contributed by atoms with Crippen LogP contribution in [0.15, 0.2) is 42.7 Å². The third-order valence-corrected chi connectivity index (χ3v) is 6.26. The molecule has 4 heterocycles. The number of fused-ring (bicyclic) bond motifs is 2. The highest BCUT2D eigenvalue weighted by Gasteiger charge is 2.39. The predicted octanol–water partition coefficient (Wildman–Crippen LogP) is 3.55. The molecule has 0 spiro atoms. The third-order valence-electron chi connectivity index (χ3n) is 6.26. The van der Waals surface area contributed by atoms with E-state index in [0.717, 1.165) is 22.3 Å². The quantitative estimate of drug-likeness (QED) is 0.460. The average Bonchev–Trinajstić information content (AvgIpc) is 3.41. The highest BCUT2D eigenvalue weighted by atomic mass is 19.4. The van der Waals surface area contributed by atoms with Crippen LogP contribution in [0.2, 0.25) is 0 Å². The molecule has 1 fully saturated rings. The summed E-state index contributed by atoms with van der Waals surface area (Å²) >= 11 is 0. The van der Waals surface area contributed by atoms with E-state index in [1.54, 1.807) is 19.4 Å². The molecule has 1 aliphatic rings. The molecule has 3 aromatic heterocycles. The first-order valence-electron chi connectivity index (χ1n) is 11.0. The van der Waals surface area contributed by atoms with Gasteiger partial charge >= 0.3 is 6.18 Å². The first-order valence-corrected chi connectivity index (χ1v) is 11.0. The molecule has 1 saturated heterocycles. The van der Waals surface area contributed by atoms with Gasteiger partial charge in [-0.05, 0) is 43.7 Å². The fraction of sp³-hybridized carbons (Fsp3) is 0.333. The summed E-state index contributed by atoms with van der Waals surface area (Å²) in [6, 6.07) is 7.96. The summed E-state index contributed by atoms with van der Waals surface area (Å²) in [5, 5.41) is 12.2. The van der Waals surface area contributed by atoms with Gasteiger partial charge < -0.3 is 19.9 Å². The maximum absolute atomic E-state index is 13.0. The Morgan fingerprint density at radius 2 is 2.03 bits per heavy atom. The summed E-state index contributed by atoms with van der Waals surface area (Å²) in [6.07, 6.45) is -0.724. The predicted molar refractivity (Wildman–Crippen MR) is 124 cm³/mol. The SMILES string of the molecule is Cc1cc(N2CCC(O)(CN(C)C(=O)c3ccc4nc(C(F)(F)F)[nH]c4c3)C2)c2cnccc2n1. The van der Waals surface area contributed by atoms with E-state index in [0.29, 0.717) is 19.5 Å². The van der Waals surface area contributed by atoms with Crippen LogP contribution in [0.3, 0.4) is 0 Å². The zero-order valence-electron chi connectivity index (χ0n) is 19.1. The summed E-state index contributed by atoms with van der Waals surface area (Å²) in [6.45, 7) is 2.88. The summed E-state index contributed by atoms with van der Waals surface area (Å²) in [5.41, 5.74) is 1.89. The van der Waals surface area contributed by atoms with Crippen LogP contribution in [-0.2, 0) is 6.18 Å². The lowest BCUT2D eigenvalue weighted by Crippen LogP contribution is -2.45. The summed E-state index contributed by atoms with van der Waals surface area (Å²) < 4.78 is 38.8. The minimum absolute atomic E-state index is 0.0669. The van der Waals surface area contributed by atoms with Crippen molar-refractivity contribution >= 4 is 33.5 Å². The fourth-order valence-electron chi connectivity index (χ4n) is 4.64. The van der Waals surface area contributed by atoms with Crippen molar-refractivity contribution in [2.75, 3.05) is 31.6 Å². The number of likely N-dealkylation sites (N-methyl/N-ethyl adjacent to an activating group) is 1. The first-order chi connectivity index (χ1) is 16.5. The van der Waals surface area contributed by atoms with Crippen molar-refractivity contribution in [1.29, 1.82) is 0 Å². The number of H-pyrrole nitrogens is 1. The number of aromatic amines is 1. The van der Waals surface area contributed by atoms with Crippen LogP contribution in [0.25, 0.3) is 21.9 Å². The van der Waals surface area contributed by atoms with Gasteiger partial charge in [-0.25, -0.2) is 4.98 Å². The Balaban J connectivity index is 1.33. The lowest BCUT2D eigenvalue weighted by atomic mass is 10.0. The zero-order chi connectivity index (χ0) is 25.0. The second-order valence-electron chi connectivity index (χ2n) is 9.05. The highest BCUT2D eigenvalue weighted by molar-refractivity contribution is 5.97. The fourth-order valence-corrected chi connectivity index (χ4v) is 4.64. The number of aryl methyl sites for hydroxylation is 1. The number of benzene rings is 1. The molecule has 1 atom stereocenters. The molecule has 0 aliphatic carbocycles. The standard InChI is InChI=1S/C24H23F3N6O2/c1-14-9-20(16-11-28-7-5-17(16)29-14)33-8-6-23(35,13-33)12-32(2)21(34)15-3-4-18-19(10-15)31-22(30-18)24(25,26)27/h3-5,7,9-11,35H,6,8,12-13H2,1-2H3,(H,30,31). The van der Waals surface area contributed by atoms with Gasteiger partial charge in [-0.2, -0.15) is 13.2 Å². The maximum Gasteiger partial charge on any atom is 0.449 e. The van der Waals surface area contributed by atoms with Gasteiger partial charge in [-0.3, -0.25) is 14.8 Å². The summed E-state index contributed by atoms with van der Waals surface area (Å²) in [7, 11) is 1.57. The Kier molecular flexibility index (Phi) is 5.39. The molecule has 0 radical (unpaired) electrons. The van der Waals surface area contributed by atoms with Gasteiger partial charge in [-0.15, -0.1) is 0 Å². The summed E-state index contributed by atoms with van der Waals surface area (Å²) in [5.74, 6) is -1.52. The molecule has 0 bridgehead atoms. The molecule has 11 heteroatoms. The Labute approximate surface area is 198 Å². The molecule has 5 rings (SSSR count). The monoisotopic (exact) mass is 484 g/mol. The number of pyridine rings is 2. The van der Waals surface area contributed by atoms with Crippen molar-refractivity contribution < 1.29 is 23.1 Å². The lowest BCUT2D eigenvalue weighted by molar-refractivity contribution is -0.144. The number of imidazole rings is 1. The molecule has 1 amide bonds. The number of hydrogen-bond donors (Lipinski definition) is 2. The number of aliphatic hydroxyl groups is 1. The molecule has 2 N–H and O–H groups in total. The largest absolute Gasteiger partial charge is 0.449 e. The van der Waals surface area contributed by atoms with E-state index in [1.807, 2.05) is 19.1 Å². The number of nitrogens with zero attached hydrogens (tertiary/aromatic N) is 5. The Morgan fingerprint density at radius 3 is 2.80 bits per heavy atom. The normalized spacial score (nSPS) is 18.5. The van der Waals surface area contributed by atoms with Crippen LogP contribution >= 0.6 is 0 Å². The van der Waals surface area contributed by atoms with Crippen molar-refractivity contribution in [3.05, 3.63) is 59.8 Å². The third kappa shape index (κ3) is 4.39. The molecule has 1 unspecified atom stereocenters. The van der Waals surface area contributed by atoms with Gasteiger partial charge in [-0.1, -0.05) is 0 Å². The van der Waals surface area contributed by atoms with Gasteiger partial charge in [0.25, 0.3) is 5.91 Å². The molecular formula is C24H23F3N6O2. The van der Waals surface area contributed by atoms with Crippen molar-refractivity contribution in [3.8, 4) is 0 Å². The first kappa shape index (κ1) is 23.0. The second-order valence-corrected chi connectivity index (χ2v) is 9.05. The Morgan fingerprint density at radius 1 is 1.23 bits per heavy atom. The molecule has 35 heavy (non-hydrogen) atoms. The van der Waals surface area contributed by atoms with E-state index in [1.165, 1.54) is 23.1 Å². The zero-order valence-corrected chi connectivity index (χ0v) is 19.1. The number of aromatic nitrogens is 4. The van der Waals surface area contributed by atoms with Gasteiger partial charge in [0, 0.05) is 54.9 Å². The topological polar surface area (TPSA) is 98.2 Å². The van der Waals surface area contributed by atoms with E-state index < -0.39 is 23.5 Å². The molecule has 8 nitrogen and oxygen atoms in total. The van der Waals surface area contributed by atoms with E-state index in [4.69, 9.17) is 0 Å². The number of alkyl halides is 3. The Bertz CT molecular complexity index is 1440. The number of rotatable bonds is 4. The van der Waals surface area contributed by atoms with Gasteiger partial charge in [0.15, 0.2) is 0 Å². The minimum Gasteiger partial charge on any atom is -0.386 e. The minimum atomic E-state index is -4.60. The number of hydrogen-bond acceptors (Lipinski definition) is 6. The van der Waals surface area contributed by atoms with Crippen molar-refractivity contribution in [1.82, 2.24) is 24.8 Å². The molecule has 1 aliphatic heterocycles. The number of carbonyl (C=O) groups excluding carboxylic acids is 1. The van der Waals surface area contributed by atoms with Gasteiger partial charge in [0.1, 0.15) is 5.60 Å². The molecule has 0 saturated carbocycles.